The Morgan fingerprint density at radius 2 is 0.591 bits per heavy atom. The Balaban J connectivity index is 1.68. The minimum absolute atomic E-state index is 0.00100. The predicted octanol–water partition coefficient (Wildman–Crippen LogP) is 4.48. The highest BCUT2D eigenvalue weighted by atomic mass is 32.2. The third kappa shape index (κ3) is 5.29. The van der Waals surface area contributed by atoms with Crippen LogP contribution in [0.4, 0.5) is 0 Å². The van der Waals surface area contributed by atoms with E-state index in [0.29, 0.717) is 22.3 Å². The van der Waals surface area contributed by atoms with Gasteiger partial charge in [-0.15, -0.1) is 0 Å². The van der Waals surface area contributed by atoms with E-state index >= 15 is 0 Å². The van der Waals surface area contributed by atoms with Crippen LogP contribution < -0.4 is 9.47 Å². The second-order valence-corrected chi connectivity index (χ2v) is 19.1. The van der Waals surface area contributed by atoms with Crippen molar-refractivity contribution in [2.45, 2.75) is 31.4 Å². The molecule has 0 saturated carbocycles. The second kappa shape index (κ2) is 9.89. The largest absolute Gasteiger partial charge is 0.457 e. The van der Waals surface area contributed by atoms with E-state index in [1.807, 2.05) is 0 Å². The average Bonchev–Trinajstić information content (AvgIpc) is 2.91. The van der Waals surface area contributed by atoms with Gasteiger partial charge in [0.15, 0.2) is 39.3 Å². The summed E-state index contributed by atoms with van der Waals surface area (Å²) in [7, 11) is -14.5. The van der Waals surface area contributed by atoms with Crippen LogP contribution in [0.1, 0.15) is 34.1 Å². The Labute approximate surface area is 256 Å². The van der Waals surface area contributed by atoms with Crippen LogP contribution in [0.5, 0.6) is 23.0 Å². The van der Waals surface area contributed by atoms with Crippen LogP contribution in [-0.2, 0) is 39.3 Å². The van der Waals surface area contributed by atoms with Gasteiger partial charge in [0.1, 0.15) is 23.0 Å². The van der Waals surface area contributed by atoms with Crippen LogP contribution in [0.2, 0.25) is 0 Å². The normalized spacial score (nSPS) is 15.3. The van der Waals surface area contributed by atoms with Gasteiger partial charge in [-0.2, -0.15) is 0 Å². The zero-order valence-corrected chi connectivity index (χ0v) is 27.1. The van der Waals surface area contributed by atoms with Crippen molar-refractivity contribution in [3.05, 3.63) is 95.1 Å². The van der Waals surface area contributed by atoms with E-state index in [-0.39, 0.29) is 42.6 Å². The molecule has 0 radical (unpaired) electrons. The second-order valence-electron chi connectivity index (χ2n) is 11.0. The highest BCUT2D eigenvalue weighted by Crippen LogP contribution is 2.58. The van der Waals surface area contributed by atoms with Gasteiger partial charge in [-0.1, -0.05) is 24.3 Å². The van der Waals surface area contributed by atoms with Gasteiger partial charge in [0, 0.05) is 59.1 Å². The molecule has 2 heterocycles. The first-order chi connectivity index (χ1) is 20.3. The Morgan fingerprint density at radius 3 is 0.773 bits per heavy atom. The van der Waals surface area contributed by atoms with E-state index in [0.717, 1.165) is 25.0 Å². The molecule has 0 bridgehead atoms. The Kier molecular flexibility index (Phi) is 6.81. The molecule has 230 valence electrons. The van der Waals surface area contributed by atoms with Gasteiger partial charge in [0.2, 0.25) is 0 Å². The summed E-state index contributed by atoms with van der Waals surface area (Å²) in [5.74, 6) is -0.439. The number of hydrogen-bond acceptors (Lipinski definition) is 10. The molecule has 0 saturated heterocycles. The monoisotopic (exact) mass is 674 g/mol. The summed E-state index contributed by atoms with van der Waals surface area (Å²) in [5.41, 5.74) is 2.33. The van der Waals surface area contributed by atoms with Crippen LogP contribution >= 0.6 is 0 Å². The third-order valence-electron chi connectivity index (χ3n) is 7.77. The number of ether oxygens (including phenoxy) is 2. The SMILES string of the molecule is CS(=O)(=O)c1ccc2c(c1)Oc1cc(S(C)(=O)=O)ccc1C2C1c2ccc(S(C)(=O)=O)cc2Oc2cc(S(C)(=O)=O)ccc21. The van der Waals surface area contributed by atoms with Crippen molar-refractivity contribution in [2.75, 3.05) is 25.0 Å². The lowest BCUT2D eigenvalue weighted by atomic mass is 9.71. The molecular weight excluding hydrogens is 649 g/mol. The quantitative estimate of drug-likeness (QED) is 0.296. The molecule has 44 heavy (non-hydrogen) atoms. The van der Waals surface area contributed by atoms with Gasteiger partial charge in [-0.3, -0.25) is 0 Å². The lowest BCUT2D eigenvalue weighted by Gasteiger charge is -2.38. The van der Waals surface area contributed by atoms with Gasteiger partial charge in [0.05, 0.1) is 19.6 Å². The van der Waals surface area contributed by atoms with E-state index < -0.39 is 51.2 Å². The van der Waals surface area contributed by atoms with E-state index in [1.165, 1.54) is 48.5 Å². The summed E-state index contributed by atoms with van der Waals surface area (Å²) in [6, 6.07) is 17.9. The van der Waals surface area contributed by atoms with Crippen molar-refractivity contribution < 1.29 is 43.1 Å². The van der Waals surface area contributed by atoms with Crippen molar-refractivity contribution in [3.8, 4) is 23.0 Å². The predicted molar refractivity (Wildman–Crippen MR) is 162 cm³/mol. The summed E-state index contributed by atoms with van der Waals surface area (Å²) in [5, 5.41) is 0. The molecule has 0 aliphatic carbocycles. The minimum atomic E-state index is -3.63. The first kappa shape index (κ1) is 30.3. The summed E-state index contributed by atoms with van der Waals surface area (Å²) >= 11 is 0. The van der Waals surface area contributed by atoms with Gasteiger partial charge >= 0.3 is 0 Å². The molecule has 2 aliphatic rings. The maximum absolute atomic E-state index is 12.4. The number of rotatable bonds is 5. The molecule has 0 atom stereocenters. The molecule has 0 fully saturated rings. The van der Waals surface area contributed by atoms with E-state index in [2.05, 4.69) is 0 Å². The number of fused-ring (bicyclic) bond motifs is 4. The third-order valence-corrected chi connectivity index (χ3v) is 12.2. The Hall–Kier alpha value is -3.72. The molecule has 4 aromatic carbocycles. The first-order valence-electron chi connectivity index (χ1n) is 13.0. The molecule has 0 spiro atoms. The highest BCUT2D eigenvalue weighted by molar-refractivity contribution is 7.91. The van der Waals surface area contributed by atoms with Crippen LogP contribution in [0, 0.1) is 0 Å². The summed E-state index contributed by atoms with van der Waals surface area (Å²) in [4.78, 5) is 0.00401. The van der Waals surface area contributed by atoms with E-state index in [1.54, 1.807) is 24.3 Å². The van der Waals surface area contributed by atoms with Gasteiger partial charge in [-0.25, -0.2) is 33.7 Å². The molecule has 14 heteroatoms. The molecule has 0 unspecified atom stereocenters. The van der Waals surface area contributed by atoms with Crippen LogP contribution in [0.3, 0.4) is 0 Å². The summed E-state index contributed by atoms with van der Waals surface area (Å²) in [6.45, 7) is 0. The Morgan fingerprint density at radius 1 is 0.386 bits per heavy atom. The molecule has 2 aliphatic heterocycles. The van der Waals surface area contributed by atoms with Crippen molar-refractivity contribution in [1.82, 2.24) is 0 Å². The van der Waals surface area contributed by atoms with Crippen LogP contribution in [0.15, 0.2) is 92.4 Å². The zero-order chi connectivity index (χ0) is 32.0. The minimum Gasteiger partial charge on any atom is -0.457 e. The van der Waals surface area contributed by atoms with Crippen LogP contribution in [-0.4, -0.2) is 58.7 Å². The fourth-order valence-corrected chi connectivity index (χ4v) is 8.20. The van der Waals surface area contributed by atoms with Gasteiger partial charge < -0.3 is 9.47 Å². The summed E-state index contributed by atoms with van der Waals surface area (Å²) < 4.78 is 112. The molecule has 4 aromatic rings. The van der Waals surface area contributed by atoms with Crippen molar-refractivity contribution in [3.63, 3.8) is 0 Å². The standard InChI is InChI=1S/C30H26O10S4/c1-41(31,32)17-5-9-21-25(13-17)39-26-14-18(42(2,33)34)6-10-22(26)29(21)30-23-11-7-19(43(3,35)36)15-27(23)40-28-16-20(44(4,37)38)8-12-24(28)30/h5-16,29-30H,1-4H3. The Bertz CT molecular complexity index is 2010. The highest BCUT2D eigenvalue weighted by Gasteiger charge is 2.41. The molecule has 0 aromatic heterocycles. The molecular formula is C30H26O10S4. The molecule has 6 rings (SSSR count). The number of hydrogen-bond donors (Lipinski definition) is 0. The van der Waals surface area contributed by atoms with Crippen molar-refractivity contribution in [2.24, 2.45) is 0 Å². The fraction of sp³-hybridized carbons (Fsp3) is 0.200. The molecule has 10 nitrogen and oxygen atoms in total. The average molecular weight is 675 g/mol. The lowest BCUT2D eigenvalue weighted by Crippen LogP contribution is -2.23. The first-order valence-corrected chi connectivity index (χ1v) is 20.6. The van der Waals surface area contributed by atoms with Gasteiger partial charge in [-0.05, 0) is 48.5 Å². The van der Waals surface area contributed by atoms with Crippen molar-refractivity contribution in [1.29, 1.82) is 0 Å². The maximum Gasteiger partial charge on any atom is 0.175 e. The topological polar surface area (TPSA) is 155 Å². The van der Waals surface area contributed by atoms with Gasteiger partial charge in [0.25, 0.3) is 0 Å². The smallest absolute Gasteiger partial charge is 0.175 e. The van der Waals surface area contributed by atoms with E-state index in [4.69, 9.17) is 9.47 Å². The number of sulfone groups is 4. The zero-order valence-electron chi connectivity index (χ0n) is 23.8. The van der Waals surface area contributed by atoms with Crippen LogP contribution in [0.25, 0.3) is 0 Å². The maximum atomic E-state index is 12.4. The fourth-order valence-electron chi connectivity index (χ4n) is 5.65. The van der Waals surface area contributed by atoms with E-state index in [9.17, 15) is 33.7 Å². The number of benzene rings is 4. The lowest BCUT2D eigenvalue weighted by molar-refractivity contribution is 0.410. The molecule has 0 amide bonds. The molecule has 0 N–H and O–H groups in total. The summed E-state index contributed by atoms with van der Waals surface area (Å²) in [6.07, 6.45) is 4.26. The van der Waals surface area contributed by atoms with Crippen molar-refractivity contribution >= 4 is 39.3 Å².